The van der Waals surface area contributed by atoms with E-state index in [1.165, 1.54) is 32.3 Å². The Bertz CT molecular complexity index is 1110. The SMILES string of the molecule is c1ccc(CC(Sc2ccccc2)n2c3ccccc3c3ccccc32)cc1. The van der Waals surface area contributed by atoms with Crippen LogP contribution in [0.4, 0.5) is 0 Å². The molecule has 1 nitrogen and oxygen atoms in total. The van der Waals surface area contributed by atoms with E-state index in [1.807, 2.05) is 11.8 Å². The van der Waals surface area contributed by atoms with Crippen molar-refractivity contribution >= 4 is 33.6 Å². The quantitative estimate of drug-likeness (QED) is 0.289. The number of rotatable bonds is 5. The molecule has 5 aromatic rings. The maximum atomic E-state index is 2.52. The van der Waals surface area contributed by atoms with E-state index in [9.17, 15) is 0 Å². The van der Waals surface area contributed by atoms with Gasteiger partial charge in [-0.3, -0.25) is 0 Å². The normalized spacial score (nSPS) is 12.4. The maximum absolute atomic E-state index is 2.52. The van der Waals surface area contributed by atoms with Gasteiger partial charge in [-0.05, 0) is 29.8 Å². The van der Waals surface area contributed by atoms with Gasteiger partial charge in [0.2, 0.25) is 0 Å². The van der Waals surface area contributed by atoms with E-state index in [2.05, 4.69) is 114 Å². The smallest absolute Gasteiger partial charge is 0.0886 e. The summed E-state index contributed by atoms with van der Waals surface area (Å²) in [6.45, 7) is 0. The van der Waals surface area contributed by atoms with Crippen molar-refractivity contribution in [1.29, 1.82) is 0 Å². The standard InChI is InChI=1S/C26H21NS/c1-3-11-20(12-4-1)19-26(28-21-13-5-2-6-14-21)27-24-17-9-7-15-22(24)23-16-8-10-18-25(23)27/h1-18,26H,19H2. The number of fused-ring (bicyclic) bond motifs is 3. The van der Waals surface area contributed by atoms with Crippen LogP contribution in [0.2, 0.25) is 0 Å². The van der Waals surface area contributed by atoms with Crippen LogP contribution in [0.1, 0.15) is 10.9 Å². The zero-order valence-corrected chi connectivity index (χ0v) is 16.3. The van der Waals surface area contributed by atoms with Crippen LogP contribution in [0.15, 0.2) is 114 Å². The van der Waals surface area contributed by atoms with E-state index in [1.54, 1.807) is 0 Å². The molecule has 0 N–H and O–H groups in total. The Hall–Kier alpha value is -2.97. The number of nitrogens with zero attached hydrogens (tertiary/aromatic N) is 1. The molecule has 5 rings (SSSR count). The van der Waals surface area contributed by atoms with Gasteiger partial charge in [0.05, 0.1) is 16.4 Å². The summed E-state index contributed by atoms with van der Waals surface area (Å²) in [7, 11) is 0. The fraction of sp³-hybridized carbons (Fsp3) is 0.0769. The van der Waals surface area contributed by atoms with Gasteiger partial charge < -0.3 is 4.57 Å². The highest BCUT2D eigenvalue weighted by Gasteiger charge is 2.19. The molecule has 0 spiro atoms. The Morgan fingerprint density at radius 3 is 1.68 bits per heavy atom. The second kappa shape index (κ2) is 7.57. The lowest BCUT2D eigenvalue weighted by Gasteiger charge is -2.21. The number of hydrogen-bond donors (Lipinski definition) is 0. The fourth-order valence-electron chi connectivity index (χ4n) is 3.92. The Balaban J connectivity index is 1.69. The van der Waals surface area contributed by atoms with Gasteiger partial charge in [-0.15, -0.1) is 11.8 Å². The summed E-state index contributed by atoms with van der Waals surface area (Å²) in [6, 6.07) is 39.1. The van der Waals surface area contributed by atoms with Gasteiger partial charge >= 0.3 is 0 Å². The number of para-hydroxylation sites is 2. The predicted octanol–water partition coefficient (Wildman–Crippen LogP) is 7.33. The average molecular weight is 380 g/mol. The molecule has 0 fully saturated rings. The van der Waals surface area contributed by atoms with Crippen LogP contribution in [0.3, 0.4) is 0 Å². The van der Waals surface area contributed by atoms with Crippen molar-refractivity contribution in [2.45, 2.75) is 16.7 Å². The third-order valence-electron chi connectivity index (χ3n) is 5.17. The summed E-state index contributed by atoms with van der Waals surface area (Å²) in [5.41, 5.74) is 3.96. The van der Waals surface area contributed by atoms with E-state index in [0.29, 0.717) is 0 Å². The molecule has 0 radical (unpaired) electrons. The van der Waals surface area contributed by atoms with E-state index in [4.69, 9.17) is 0 Å². The number of hydrogen-bond acceptors (Lipinski definition) is 1. The van der Waals surface area contributed by atoms with Gasteiger partial charge in [0.1, 0.15) is 0 Å². The van der Waals surface area contributed by atoms with Crippen molar-refractivity contribution in [2.75, 3.05) is 0 Å². The van der Waals surface area contributed by atoms with Gasteiger partial charge in [-0.1, -0.05) is 84.9 Å². The first kappa shape index (κ1) is 17.2. The van der Waals surface area contributed by atoms with Gasteiger partial charge in [0.15, 0.2) is 0 Å². The molecule has 28 heavy (non-hydrogen) atoms. The van der Waals surface area contributed by atoms with Crippen molar-refractivity contribution in [3.63, 3.8) is 0 Å². The largest absolute Gasteiger partial charge is 0.327 e. The van der Waals surface area contributed by atoms with Crippen molar-refractivity contribution < 1.29 is 0 Å². The fourth-order valence-corrected chi connectivity index (χ4v) is 5.16. The highest BCUT2D eigenvalue weighted by atomic mass is 32.2. The zero-order chi connectivity index (χ0) is 18.8. The van der Waals surface area contributed by atoms with Crippen LogP contribution in [-0.2, 0) is 6.42 Å². The minimum Gasteiger partial charge on any atom is -0.327 e. The van der Waals surface area contributed by atoms with Crippen LogP contribution in [0.5, 0.6) is 0 Å². The molecule has 0 aliphatic carbocycles. The molecule has 0 aliphatic rings. The molecule has 0 saturated carbocycles. The molecule has 0 aliphatic heterocycles. The molecule has 0 saturated heterocycles. The highest BCUT2D eigenvalue weighted by Crippen LogP contribution is 2.40. The monoisotopic (exact) mass is 379 g/mol. The first-order chi connectivity index (χ1) is 13.9. The number of benzene rings is 4. The Morgan fingerprint density at radius 2 is 1.07 bits per heavy atom. The predicted molar refractivity (Wildman–Crippen MR) is 121 cm³/mol. The molecule has 1 unspecified atom stereocenters. The molecule has 2 heteroatoms. The second-order valence-corrected chi connectivity index (χ2v) is 8.23. The van der Waals surface area contributed by atoms with Crippen molar-refractivity contribution in [1.82, 2.24) is 4.57 Å². The van der Waals surface area contributed by atoms with E-state index in [-0.39, 0.29) is 5.37 Å². The lowest BCUT2D eigenvalue weighted by Crippen LogP contribution is -2.08. The zero-order valence-electron chi connectivity index (χ0n) is 15.5. The molecule has 4 aromatic carbocycles. The number of aromatic nitrogens is 1. The molecular weight excluding hydrogens is 358 g/mol. The lowest BCUT2D eigenvalue weighted by atomic mass is 10.1. The minimum atomic E-state index is 0.273. The van der Waals surface area contributed by atoms with Crippen molar-refractivity contribution in [3.8, 4) is 0 Å². The first-order valence-electron chi connectivity index (χ1n) is 9.63. The summed E-state index contributed by atoms with van der Waals surface area (Å²) in [6.07, 6.45) is 0.975. The topological polar surface area (TPSA) is 4.93 Å². The van der Waals surface area contributed by atoms with Crippen LogP contribution in [-0.4, -0.2) is 4.57 Å². The third-order valence-corrected chi connectivity index (χ3v) is 6.37. The van der Waals surface area contributed by atoms with E-state index >= 15 is 0 Å². The Morgan fingerprint density at radius 1 is 0.571 bits per heavy atom. The van der Waals surface area contributed by atoms with Gasteiger partial charge in [-0.25, -0.2) is 0 Å². The molecule has 136 valence electrons. The van der Waals surface area contributed by atoms with Crippen molar-refractivity contribution in [3.05, 3.63) is 115 Å². The van der Waals surface area contributed by atoms with Gasteiger partial charge in [0, 0.05) is 22.1 Å². The molecular formula is C26H21NS. The van der Waals surface area contributed by atoms with E-state index < -0.39 is 0 Å². The summed E-state index contributed by atoms with van der Waals surface area (Å²) in [4.78, 5) is 1.30. The highest BCUT2D eigenvalue weighted by molar-refractivity contribution is 7.99. The molecule has 0 amide bonds. The number of thioether (sulfide) groups is 1. The third kappa shape index (κ3) is 3.21. The summed E-state index contributed by atoms with van der Waals surface area (Å²) >= 11 is 1.93. The van der Waals surface area contributed by atoms with Crippen LogP contribution < -0.4 is 0 Å². The second-order valence-electron chi connectivity index (χ2n) is 6.98. The molecule has 1 aromatic heterocycles. The first-order valence-corrected chi connectivity index (χ1v) is 10.5. The maximum Gasteiger partial charge on any atom is 0.0886 e. The van der Waals surface area contributed by atoms with Crippen molar-refractivity contribution in [2.24, 2.45) is 0 Å². The van der Waals surface area contributed by atoms with Crippen LogP contribution in [0, 0.1) is 0 Å². The minimum absolute atomic E-state index is 0.273. The Labute approximate surface area is 169 Å². The van der Waals surface area contributed by atoms with E-state index in [0.717, 1.165) is 6.42 Å². The molecule has 0 bridgehead atoms. The van der Waals surface area contributed by atoms with Crippen LogP contribution >= 0.6 is 11.8 Å². The average Bonchev–Trinajstić information content (AvgIpc) is 3.09. The molecule has 1 atom stereocenters. The molecule has 1 heterocycles. The lowest BCUT2D eigenvalue weighted by molar-refractivity contribution is 0.720. The summed E-state index contributed by atoms with van der Waals surface area (Å²) in [5.74, 6) is 0. The van der Waals surface area contributed by atoms with Gasteiger partial charge in [-0.2, -0.15) is 0 Å². The van der Waals surface area contributed by atoms with Crippen LogP contribution in [0.25, 0.3) is 21.8 Å². The van der Waals surface area contributed by atoms with Gasteiger partial charge in [0.25, 0.3) is 0 Å². The Kier molecular flexibility index (Phi) is 4.64. The summed E-state index contributed by atoms with van der Waals surface area (Å²) < 4.78 is 2.52. The summed E-state index contributed by atoms with van der Waals surface area (Å²) in [5, 5.41) is 2.92.